The Morgan fingerprint density at radius 1 is 0.875 bits per heavy atom. The molecule has 24 heavy (non-hydrogen) atoms. The second kappa shape index (κ2) is 6.31. The van der Waals surface area contributed by atoms with Crippen LogP contribution >= 0.6 is 0 Å². The average molecular weight is 336 g/mol. The minimum atomic E-state index is -2.09. The zero-order chi connectivity index (χ0) is 18.1. The molecule has 0 radical (unpaired) electrons. The number of rotatable bonds is 8. The second-order valence-electron chi connectivity index (χ2n) is 5.92. The summed E-state index contributed by atoms with van der Waals surface area (Å²) in [5.74, 6) is -11.8. The minimum Gasteiger partial charge on any atom is -0.481 e. The van der Waals surface area contributed by atoms with Crippen LogP contribution in [-0.2, 0) is 25.6 Å². The summed E-state index contributed by atoms with van der Waals surface area (Å²) < 4.78 is 0. The Morgan fingerprint density at radius 2 is 1.29 bits per heavy atom. The molecule has 0 saturated heterocycles. The second-order valence-corrected chi connectivity index (χ2v) is 5.92. The van der Waals surface area contributed by atoms with Gasteiger partial charge in [-0.2, -0.15) is 0 Å². The molecule has 8 heteroatoms. The topological polar surface area (TPSA) is 149 Å². The SMILES string of the molecule is O=C(O)C(C(=O)O)C1(C(C(=O)O)C(=O)O)CC1Cc1ccccc1. The van der Waals surface area contributed by atoms with Gasteiger partial charge >= 0.3 is 23.9 Å². The van der Waals surface area contributed by atoms with E-state index >= 15 is 0 Å². The zero-order valence-electron chi connectivity index (χ0n) is 12.5. The summed E-state index contributed by atoms with van der Waals surface area (Å²) in [5.41, 5.74) is -1.10. The van der Waals surface area contributed by atoms with Crippen LogP contribution < -0.4 is 0 Å². The molecule has 1 atom stereocenters. The number of carboxylic acids is 4. The third kappa shape index (κ3) is 2.94. The normalized spacial score (nSPS) is 18.3. The molecule has 1 saturated carbocycles. The lowest BCUT2D eigenvalue weighted by Crippen LogP contribution is -2.45. The van der Waals surface area contributed by atoms with Crippen molar-refractivity contribution in [2.24, 2.45) is 23.2 Å². The highest BCUT2D eigenvalue weighted by molar-refractivity contribution is 6.00. The van der Waals surface area contributed by atoms with Crippen LogP contribution in [0.5, 0.6) is 0 Å². The first-order chi connectivity index (χ1) is 11.2. The van der Waals surface area contributed by atoms with E-state index in [1.54, 1.807) is 30.3 Å². The monoisotopic (exact) mass is 336 g/mol. The fourth-order valence-electron chi connectivity index (χ4n) is 3.53. The van der Waals surface area contributed by atoms with Crippen molar-refractivity contribution in [1.82, 2.24) is 0 Å². The summed E-state index contributed by atoms with van der Waals surface area (Å²) >= 11 is 0. The van der Waals surface area contributed by atoms with Crippen molar-refractivity contribution in [1.29, 1.82) is 0 Å². The predicted octanol–water partition coefficient (Wildman–Crippen LogP) is 0.806. The van der Waals surface area contributed by atoms with E-state index in [0.717, 1.165) is 5.56 Å². The van der Waals surface area contributed by atoms with E-state index in [9.17, 15) is 39.6 Å². The standard InChI is InChI=1S/C16H16O8/c17-12(18)10(13(19)20)16(11(14(21)22)15(23)24)7-9(16)6-8-4-2-1-3-5-8/h1-5,9-11H,6-7H2,(H,17,18)(H,19,20)(H,21,22)(H,23,24). The molecule has 0 aliphatic heterocycles. The lowest BCUT2D eigenvalue weighted by molar-refractivity contribution is -0.167. The molecule has 128 valence electrons. The molecular formula is C16H16O8. The van der Waals surface area contributed by atoms with Gasteiger partial charge in [0.2, 0.25) is 0 Å². The van der Waals surface area contributed by atoms with Gasteiger partial charge in [-0.3, -0.25) is 19.2 Å². The molecule has 1 aromatic carbocycles. The van der Waals surface area contributed by atoms with Gasteiger partial charge in [0.25, 0.3) is 0 Å². The maximum absolute atomic E-state index is 11.4. The quantitative estimate of drug-likeness (QED) is 0.509. The van der Waals surface area contributed by atoms with Gasteiger partial charge in [0.05, 0.1) is 0 Å². The molecule has 1 aromatic rings. The molecule has 8 nitrogen and oxygen atoms in total. The molecule has 0 bridgehead atoms. The minimum absolute atomic E-state index is 0.0889. The molecular weight excluding hydrogens is 320 g/mol. The molecule has 2 rings (SSSR count). The Bertz CT molecular complexity index is 621. The van der Waals surface area contributed by atoms with E-state index in [-0.39, 0.29) is 12.8 Å². The fraction of sp³-hybridized carbons (Fsp3) is 0.375. The number of benzene rings is 1. The van der Waals surface area contributed by atoms with Gasteiger partial charge in [0.1, 0.15) is 0 Å². The smallest absolute Gasteiger partial charge is 0.318 e. The molecule has 1 aliphatic carbocycles. The number of hydrogen-bond donors (Lipinski definition) is 4. The summed E-state index contributed by atoms with van der Waals surface area (Å²) in [4.78, 5) is 45.6. The van der Waals surface area contributed by atoms with Crippen molar-refractivity contribution in [2.75, 3.05) is 0 Å². The third-order valence-electron chi connectivity index (χ3n) is 4.59. The van der Waals surface area contributed by atoms with Crippen LogP contribution in [0.25, 0.3) is 0 Å². The van der Waals surface area contributed by atoms with Crippen LogP contribution in [0.2, 0.25) is 0 Å². The number of carbonyl (C=O) groups is 4. The number of aliphatic carboxylic acids is 4. The Labute approximate surface area is 136 Å². The van der Waals surface area contributed by atoms with Crippen molar-refractivity contribution in [3.63, 3.8) is 0 Å². The highest BCUT2D eigenvalue weighted by Crippen LogP contribution is 2.64. The molecule has 1 aliphatic rings. The van der Waals surface area contributed by atoms with Gasteiger partial charge in [-0.25, -0.2) is 0 Å². The van der Waals surface area contributed by atoms with Crippen molar-refractivity contribution in [3.8, 4) is 0 Å². The predicted molar refractivity (Wildman–Crippen MR) is 78.2 cm³/mol. The van der Waals surface area contributed by atoms with Crippen molar-refractivity contribution >= 4 is 23.9 Å². The first kappa shape index (κ1) is 17.5. The Kier molecular flexibility index (Phi) is 4.59. The summed E-state index contributed by atoms with van der Waals surface area (Å²) in [6.07, 6.45) is 0.128. The molecule has 1 unspecified atom stereocenters. The molecule has 4 N–H and O–H groups in total. The molecule has 0 aromatic heterocycles. The highest BCUT2D eigenvalue weighted by Gasteiger charge is 2.71. The van der Waals surface area contributed by atoms with Gasteiger partial charge in [-0.05, 0) is 24.3 Å². The first-order valence-electron chi connectivity index (χ1n) is 7.17. The van der Waals surface area contributed by atoms with Crippen LogP contribution in [0, 0.1) is 23.2 Å². The van der Waals surface area contributed by atoms with Gasteiger partial charge in [0.15, 0.2) is 11.8 Å². The lowest BCUT2D eigenvalue weighted by Gasteiger charge is -2.25. The van der Waals surface area contributed by atoms with Crippen molar-refractivity contribution < 1.29 is 39.6 Å². The van der Waals surface area contributed by atoms with E-state index in [4.69, 9.17) is 0 Å². The molecule has 0 spiro atoms. The van der Waals surface area contributed by atoms with E-state index < -0.39 is 47.0 Å². The van der Waals surface area contributed by atoms with Gasteiger partial charge in [-0.1, -0.05) is 30.3 Å². The highest BCUT2D eigenvalue weighted by atomic mass is 16.4. The largest absolute Gasteiger partial charge is 0.481 e. The number of carboxylic acid groups (broad SMARTS) is 4. The summed E-state index contributed by atoms with van der Waals surface area (Å²) in [6, 6.07) is 8.69. The van der Waals surface area contributed by atoms with Crippen molar-refractivity contribution in [3.05, 3.63) is 35.9 Å². The fourth-order valence-corrected chi connectivity index (χ4v) is 3.53. The third-order valence-corrected chi connectivity index (χ3v) is 4.59. The Hall–Kier alpha value is -2.90. The van der Waals surface area contributed by atoms with Crippen LogP contribution in [0.4, 0.5) is 0 Å². The summed E-state index contributed by atoms with van der Waals surface area (Å²) in [5, 5.41) is 37.0. The summed E-state index contributed by atoms with van der Waals surface area (Å²) in [7, 11) is 0. The van der Waals surface area contributed by atoms with E-state index in [0.29, 0.717) is 0 Å². The van der Waals surface area contributed by atoms with Crippen LogP contribution in [0.15, 0.2) is 30.3 Å². The first-order valence-corrected chi connectivity index (χ1v) is 7.17. The molecule has 0 amide bonds. The summed E-state index contributed by atoms with van der Waals surface area (Å²) in [6.45, 7) is 0. The number of hydrogen-bond acceptors (Lipinski definition) is 4. The lowest BCUT2D eigenvalue weighted by atomic mass is 9.75. The van der Waals surface area contributed by atoms with E-state index in [2.05, 4.69) is 0 Å². The van der Waals surface area contributed by atoms with Gasteiger partial charge in [-0.15, -0.1) is 0 Å². The maximum atomic E-state index is 11.4. The van der Waals surface area contributed by atoms with Gasteiger partial charge < -0.3 is 20.4 Å². The molecule has 1 fully saturated rings. The Balaban J connectivity index is 2.44. The van der Waals surface area contributed by atoms with E-state index in [1.165, 1.54) is 0 Å². The molecule has 0 heterocycles. The van der Waals surface area contributed by atoms with Gasteiger partial charge in [0, 0.05) is 5.41 Å². The zero-order valence-corrected chi connectivity index (χ0v) is 12.5. The van der Waals surface area contributed by atoms with Crippen LogP contribution in [-0.4, -0.2) is 44.3 Å². The average Bonchev–Trinajstić information content (AvgIpc) is 3.11. The van der Waals surface area contributed by atoms with Crippen LogP contribution in [0.3, 0.4) is 0 Å². The van der Waals surface area contributed by atoms with E-state index in [1.807, 2.05) is 0 Å². The van der Waals surface area contributed by atoms with Crippen LogP contribution in [0.1, 0.15) is 12.0 Å². The van der Waals surface area contributed by atoms with Crippen molar-refractivity contribution in [2.45, 2.75) is 12.8 Å². The maximum Gasteiger partial charge on any atom is 0.318 e. The Morgan fingerprint density at radius 3 is 1.67 bits per heavy atom.